The van der Waals surface area contributed by atoms with Crippen LogP contribution < -0.4 is 0 Å². The molecule has 0 unspecified atom stereocenters. The monoisotopic (exact) mass is 326 g/mol. The first-order valence-corrected chi connectivity index (χ1v) is 7.99. The summed E-state index contributed by atoms with van der Waals surface area (Å²) in [4.78, 5) is 0. The van der Waals surface area contributed by atoms with Crippen LogP contribution >= 0.6 is 0 Å². The van der Waals surface area contributed by atoms with Crippen molar-refractivity contribution in [1.82, 2.24) is 0 Å². The van der Waals surface area contributed by atoms with E-state index in [4.69, 9.17) is 0 Å². The molecule has 0 heterocycles. The summed E-state index contributed by atoms with van der Waals surface area (Å²) < 4.78 is 24.2. The van der Waals surface area contributed by atoms with Crippen molar-refractivity contribution in [3.05, 3.63) is 107 Å². The summed E-state index contributed by atoms with van der Waals surface area (Å²) in [6, 6.07) is 23.3. The Bertz CT molecular complexity index is 586. The standard InChI is InChI=1S/C8H10.2C7H7F/c1-2-8-6-4-3-5-7-8;2*1-6-2-4-7(8)5-3-6/h3-7H,2H2,1H3;2*2-5H,1H3. The Morgan fingerprint density at radius 2 is 0.958 bits per heavy atom. The molecule has 3 aromatic rings. The van der Waals surface area contributed by atoms with Crippen molar-refractivity contribution in [2.45, 2.75) is 27.2 Å². The third-order valence-electron chi connectivity index (χ3n) is 3.27. The first-order valence-electron chi connectivity index (χ1n) is 7.99. The molecular formula is C22H24F2. The van der Waals surface area contributed by atoms with E-state index in [1.165, 1.54) is 29.8 Å². The van der Waals surface area contributed by atoms with Crippen molar-refractivity contribution in [1.29, 1.82) is 0 Å². The molecule has 0 atom stereocenters. The van der Waals surface area contributed by atoms with Gasteiger partial charge >= 0.3 is 0 Å². The summed E-state index contributed by atoms with van der Waals surface area (Å²) >= 11 is 0. The van der Waals surface area contributed by atoms with Crippen molar-refractivity contribution in [3.8, 4) is 0 Å². The number of aryl methyl sites for hydroxylation is 3. The first kappa shape index (κ1) is 19.6. The van der Waals surface area contributed by atoms with E-state index >= 15 is 0 Å². The molecule has 0 aliphatic carbocycles. The van der Waals surface area contributed by atoms with Crippen molar-refractivity contribution >= 4 is 0 Å². The third kappa shape index (κ3) is 8.84. The molecule has 0 N–H and O–H groups in total. The van der Waals surface area contributed by atoms with Crippen LogP contribution in [-0.2, 0) is 6.42 Å². The number of benzene rings is 3. The quantitative estimate of drug-likeness (QED) is 0.478. The fourth-order valence-electron chi connectivity index (χ4n) is 1.78. The van der Waals surface area contributed by atoms with Gasteiger partial charge in [0.2, 0.25) is 0 Å². The number of rotatable bonds is 1. The van der Waals surface area contributed by atoms with Gasteiger partial charge in [-0.2, -0.15) is 0 Å². The van der Waals surface area contributed by atoms with Gasteiger partial charge in [0.15, 0.2) is 0 Å². The molecule has 0 aromatic heterocycles. The van der Waals surface area contributed by atoms with E-state index in [-0.39, 0.29) is 11.6 Å². The summed E-state index contributed by atoms with van der Waals surface area (Å²) in [6.07, 6.45) is 1.14. The van der Waals surface area contributed by atoms with E-state index in [0.717, 1.165) is 17.5 Å². The predicted molar refractivity (Wildman–Crippen MR) is 98.1 cm³/mol. The Kier molecular flexibility index (Phi) is 9.06. The number of hydrogen-bond donors (Lipinski definition) is 0. The van der Waals surface area contributed by atoms with Gasteiger partial charge in [-0.1, -0.05) is 72.6 Å². The molecule has 0 saturated carbocycles. The van der Waals surface area contributed by atoms with Gasteiger partial charge in [-0.15, -0.1) is 0 Å². The van der Waals surface area contributed by atoms with E-state index < -0.39 is 0 Å². The van der Waals surface area contributed by atoms with Gasteiger partial charge < -0.3 is 0 Å². The molecule has 126 valence electrons. The fraction of sp³-hybridized carbons (Fsp3) is 0.182. The zero-order valence-electron chi connectivity index (χ0n) is 14.5. The second kappa shape index (κ2) is 11.1. The molecular weight excluding hydrogens is 302 g/mol. The van der Waals surface area contributed by atoms with Crippen molar-refractivity contribution in [3.63, 3.8) is 0 Å². The topological polar surface area (TPSA) is 0 Å². The molecule has 0 amide bonds. The lowest BCUT2D eigenvalue weighted by Crippen LogP contribution is -1.73. The lowest BCUT2D eigenvalue weighted by atomic mass is 10.2. The van der Waals surface area contributed by atoms with E-state index in [2.05, 4.69) is 31.2 Å². The predicted octanol–water partition coefficient (Wildman–Crippen LogP) is 6.52. The molecule has 24 heavy (non-hydrogen) atoms. The zero-order chi connectivity index (χ0) is 17.8. The van der Waals surface area contributed by atoms with Gasteiger partial charge in [-0.25, -0.2) is 8.78 Å². The Morgan fingerprint density at radius 1 is 0.583 bits per heavy atom. The average molecular weight is 326 g/mol. The summed E-state index contributed by atoms with van der Waals surface area (Å²) in [5, 5.41) is 0. The maximum atomic E-state index is 12.1. The normalized spacial score (nSPS) is 9.21. The Morgan fingerprint density at radius 3 is 1.21 bits per heavy atom. The van der Waals surface area contributed by atoms with E-state index in [1.54, 1.807) is 24.3 Å². The fourth-order valence-corrected chi connectivity index (χ4v) is 1.78. The lowest BCUT2D eigenvalue weighted by molar-refractivity contribution is 0.627. The van der Waals surface area contributed by atoms with Gasteiger partial charge in [0.25, 0.3) is 0 Å². The Hall–Kier alpha value is -2.48. The third-order valence-corrected chi connectivity index (χ3v) is 3.27. The largest absolute Gasteiger partial charge is 0.207 e. The second-order valence-electron chi connectivity index (χ2n) is 5.43. The van der Waals surface area contributed by atoms with E-state index in [0.29, 0.717) is 0 Å². The summed E-state index contributed by atoms with van der Waals surface area (Å²) in [7, 11) is 0. The highest BCUT2D eigenvalue weighted by atomic mass is 19.1. The maximum Gasteiger partial charge on any atom is 0.123 e. The van der Waals surface area contributed by atoms with E-state index in [1.807, 2.05) is 19.9 Å². The highest BCUT2D eigenvalue weighted by Gasteiger charge is 1.84. The minimum absolute atomic E-state index is 0.171. The number of halogens is 2. The van der Waals surface area contributed by atoms with Gasteiger partial charge in [0, 0.05) is 0 Å². The van der Waals surface area contributed by atoms with Gasteiger partial charge in [-0.05, 0) is 50.1 Å². The average Bonchev–Trinajstić information content (AvgIpc) is 2.62. The van der Waals surface area contributed by atoms with Crippen LogP contribution in [0, 0.1) is 25.5 Å². The van der Waals surface area contributed by atoms with Gasteiger partial charge in [0.05, 0.1) is 0 Å². The zero-order valence-corrected chi connectivity index (χ0v) is 14.5. The molecule has 0 aliphatic heterocycles. The van der Waals surface area contributed by atoms with Crippen LogP contribution in [-0.4, -0.2) is 0 Å². The smallest absolute Gasteiger partial charge is 0.123 e. The molecule has 0 saturated heterocycles. The van der Waals surface area contributed by atoms with Crippen LogP contribution in [0.2, 0.25) is 0 Å². The maximum absolute atomic E-state index is 12.1. The highest BCUT2D eigenvalue weighted by Crippen LogP contribution is 2.00. The minimum Gasteiger partial charge on any atom is -0.207 e. The molecule has 0 radical (unpaired) electrons. The highest BCUT2D eigenvalue weighted by molar-refractivity contribution is 5.14. The molecule has 0 aliphatic rings. The molecule has 3 aromatic carbocycles. The van der Waals surface area contributed by atoms with Crippen LogP contribution in [0.4, 0.5) is 8.78 Å². The van der Waals surface area contributed by atoms with Gasteiger partial charge in [0.1, 0.15) is 11.6 Å². The number of hydrogen-bond acceptors (Lipinski definition) is 0. The summed E-state index contributed by atoms with van der Waals surface area (Å²) in [6.45, 7) is 6.02. The first-order chi connectivity index (χ1) is 11.5. The van der Waals surface area contributed by atoms with Crippen LogP contribution in [0.5, 0.6) is 0 Å². The molecule has 2 heteroatoms. The van der Waals surface area contributed by atoms with Crippen LogP contribution in [0.25, 0.3) is 0 Å². The van der Waals surface area contributed by atoms with Crippen LogP contribution in [0.3, 0.4) is 0 Å². The van der Waals surface area contributed by atoms with Crippen molar-refractivity contribution in [2.24, 2.45) is 0 Å². The molecule has 0 bridgehead atoms. The Balaban J connectivity index is 0.000000180. The Labute approximate surface area is 143 Å². The minimum atomic E-state index is -0.171. The van der Waals surface area contributed by atoms with Crippen LogP contribution in [0.1, 0.15) is 23.6 Å². The summed E-state index contributed by atoms with van der Waals surface area (Å²) in [5.74, 6) is -0.341. The van der Waals surface area contributed by atoms with Crippen LogP contribution in [0.15, 0.2) is 78.9 Å². The SMILES string of the molecule is CCc1ccccc1.Cc1ccc(F)cc1.Cc1ccc(F)cc1. The molecule has 0 nitrogen and oxygen atoms in total. The van der Waals surface area contributed by atoms with Crippen molar-refractivity contribution in [2.75, 3.05) is 0 Å². The van der Waals surface area contributed by atoms with Gasteiger partial charge in [-0.3, -0.25) is 0 Å². The second-order valence-corrected chi connectivity index (χ2v) is 5.43. The molecule has 0 spiro atoms. The van der Waals surface area contributed by atoms with Crippen molar-refractivity contribution < 1.29 is 8.78 Å². The lowest BCUT2D eigenvalue weighted by Gasteiger charge is -1.89. The molecule has 3 rings (SSSR count). The van der Waals surface area contributed by atoms with E-state index in [9.17, 15) is 8.78 Å². The summed E-state index contributed by atoms with van der Waals surface area (Å²) in [5.41, 5.74) is 3.59. The molecule has 0 fully saturated rings.